The first-order chi connectivity index (χ1) is 13.4. The van der Waals surface area contributed by atoms with Gasteiger partial charge in [0.15, 0.2) is 15.0 Å². The summed E-state index contributed by atoms with van der Waals surface area (Å²) in [5.41, 5.74) is -1.09. The molecule has 0 aromatic heterocycles. The van der Waals surface area contributed by atoms with Gasteiger partial charge in [0.1, 0.15) is 0 Å². The Kier molecular flexibility index (Phi) is 5.89. The van der Waals surface area contributed by atoms with E-state index in [1.807, 2.05) is 0 Å². The van der Waals surface area contributed by atoms with Crippen LogP contribution in [0.15, 0.2) is 23.2 Å². The van der Waals surface area contributed by atoms with Gasteiger partial charge in [0.05, 0.1) is 34.6 Å². The molecule has 2 fully saturated rings. The Balaban J connectivity index is 2.01. The van der Waals surface area contributed by atoms with Crippen LogP contribution in [-0.2, 0) is 25.6 Å². The molecule has 3 rings (SSSR count). The van der Waals surface area contributed by atoms with Gasteiger partial charge in [0.2, 0.25) is 5.91 Å². The number of amidine groups is 1. The number of carboxylic acid groups (broad SMARTS) is 1. The zero-order valence-corrected chi connectivity index (χ0v) is 16.9. The van der Waals surface area contributed by atoms with E-state index in [1.54, 1.807) is 0 Å². The van der Waals surface area contributed by atoms with E-state index in [-0.39, 0.29) is 28.8 Å². The second-order valence-corrected chi connectivity index (χ2v) is 10.3. The number of thioether (sulfide) groups is 1. The van der Waals surface area contributed by atoms with Crippen LogP contribution in [0.25, 0.3) is 0 Å². The van der Waals surface area contributed by atoms with Crippen LogP contribution in [0.2, 0.25) is 5.02 Å². The molecular formula is C16H14ClF3N2O5S2. The van der Waals surface area contributed by atoms with Crippen LogP contribution < -0.4 is 4.90 Å². The second kappa shape index (κ2) is 7.80. The Hall–Kier alpha value is -1.79. The van der Waals surface area contributed by atoms with Gasteiger partial charge in [-0.25, -0.2) is 8.42 Å². The minimum Gasteiger partial charge on any atom is -0.481 e. The number of hydrogen-bond donors (Lipinski definition) is 1. The molecule has 2 heterocycles. The Morgan fingerprint density at radius 2 is 1.97 bits per heavy atom. The summed E-state index contributed by atoms with van der Waals surface area (Å²) < 4.78 is 63.7. The molecule has 0 saturated carbocycles. The van der Waals surface area contributed by atoms with E-state index in [4.69, 9.17) is 16.7 Å². The van der Waals surface area contributed by atoms with Crippen molar-refractivity contribution in [1.29, 1.82) is 0 Å². The summed E-state index contributed by atoms with van der Waals surface area (Å²) in [7, 11) is -3.39. The fraction of sp³-hybridized carbons (Fsp3) is 0.438. The van der Waals surface area contributed by atoms with Gasteiger partial charge < -0.3 is 10.0 Å². The molecule has 0 bridgehead atoms. The van der Waals surface area contributed by atoms with Crippen LogP contribution in [0.5, 0.6) is 0 Å². The lowest BCUT2D eigenvalue weighted by Crippen LogP contribution is -2.37. The van der Waals surface area contributed by atoms with Crippen LogP contribution in [0.1, 0.15) is 18.4 Å². The molecule has 1 aromatic rings. The normalized spacial score (nSPS) is 24.7. The Morgan fingerprint density at radius 1 is 1.28 bits per heavy atom. The Labute approximate surface area is 172 Å². The number of amides is 1. The van der Waals surface area contributed by atoms with Gasteiger partial charge in [0.25, 0.3) is 0 Å². The van der Waals surface area contributed by atoms with Crippen LogP contribution in [0.4, 0.5) is 18.9 Å². The molecule has 0 unspecified atom stereocenters. The zero-order valence-electron chi connectivity index (χ0n) is 14.5. The average Bonchev–Trinajstić information content (AvgIpc) is 3.03. The topological polar surface area (TPSA) is 104 Å². The fourth-order valence-electron chi connectivity index (χ4n) is 3.12. The van der Waals surface area contributed by atoms with E-state index in [2.05, 4.69) is 4.99 Å². The van der Waals surface area contributed by atoms with Crippen molar-refractivity contribution in [3.05, 3.63) is 28.8 Å². The number of aliphatic carboxylic acids is 1. The largest absolute Gasteiger partial charge is 0.481 e. The van der Waals surface area contributed by atoms with Crippen molar-refractivity contribution in [2.24, 2.45) is 4.99 Å². The molecule has 158 valence electrons. The number of carbonyl (C=O) groups is 2. The number of sulfone groups is 1. The molecule has 1 amide bonds. The molecule has 2 saturated heterocycles. The molecule has 13 heteroatoms. The fourth-order valence-corrected chi connectivity index (χ4v) is 7.28. The Bertz CT molecular complexity index is 997. The third kappa shape index (κ3) is 4.86. The van der Waals surface area contributed by atoms with Gasteiger partial charge in [-0.2, -0.15) is 18.2 Å². The Morgan fingerprint density at radius 3 is 2.59 bits per heavy atom. The van der Waals surface area contributed by atoms with Gasteiger partial charge in [0, 0.05) is 17.4 Å². The standard InChI is InChI=1S/C16H14ClF3N2O5S2/c17-10-2-1-8(5-9(10)16(18,19)20)22-11-6-29(26,27)7-12(11)28-15(22)21-13(23)3-4-14(24)25/h1-2,5,11-12H,3-4,6-7H2,(H,24,25)/t11-,12+/m1/s1. The first-order valence-corrected chi connectivity index (χ1v) is 11.3. The molecule has 7 nitrogen and oxygen atoms in total. The van der Waals surface area contributed by atoms with E-state index >= 15 is 0 Å². The van der Waals surface area contributed by atoms with E-state index in [1.165, 1.54) is 11.0 Å². The van der Waals surface area contributed by atoms with Crippen molar-refractivity contribution in [1.82, 2.24) is 0 Å². The highest BCUT2D eigenvalue weighted by Crippen LogP contribution is 2.43. The number of nitrogens with zero attached hydrogens (tertiary/aromatic N) is 2. The van der Waals surface area contributed by atoms with Crippen molar-refractivity contribution in [3.63, 3.8) is 0 Å². The van der Waals surface area contributed by atoms with Crippen LogP contribution in [-0.4, -0.2) is 53.4 Å². The van der Waals surface area contributed by atoms with Crippen LogP contribution >= 0.6 is 23.4 Å². The molecule has 2 aliphatic rings. The minimum absolute atomic E-state index is 0.00334. The van der Waals surface area contributed by atoms with Gasteiger partial charge in [-0.05, 0) is 18.2 Å². The summed E-state index contributed by atoms with van der Waals surface area (Å²) in [6, 6.07) is 2.43. The molecule has 0 radical (unpaired) electrons. The van der Waals surface area contributed by atoms with Gasteiger partial charge in [-0.15, -0.1) is 0 Å². The van der Waals surface area contributed by atoms with E-state index < -0.39 is 56.2 Å². The van der Waals surface area contributed by atoms with Crippen molar-refractivity contribution in [2.75, 3.05) is 16.4 Å². The summed E-state index contributed by atoms with van der Waals surface area (Å²) in [6.45, 7) is 0. The number of alkyl halides is 3. The molecule has 1 aromatic carbocycles. The summed E-state index contributed by atoms with van der Waals surface area (Å²) in [5.74, 6) is -2.43. The van der Waals surface area contributed by atoms with Crippen molar-refractivity contribution >= 4 is 55.9 Å². The number of benzene rings is 1. The summed E-state index contributed by atoms with van der Waals surface area (Å²) in [6.07, 6.45) is -5.55. The second-order valence-electron chi connectivity index (χ2n) is 6.51. The summed E-state index contributed by atoms with van der Waals surface area (Å²) in [5, 5.41) is 7.70. The lowest BCUT2D eigenvalue weighted by Gasteiger charge is -2.25. The summed E-state index contributed by atoms with van der Waals surface area (Å²) >= 11 is 6.64. The molecule has 1 N–H and O–H groups in total. The van der Waals surface area contributed by atoms with Crippen LogP contribution in [0, 0.1) is 0 Å². The maximum Gasteiger partial charge on any atom is 0.417 e. The number of rotatable bonds is 4. The number of anilines is 1. The SMILES string of the molecule is O=C(O)CCC(=O)N=C1S[C@H]2CS(=O)(=O)C[C@H]2N1c1ccc(Cl)c(C(F)(F)F)c1. The van der Waals surface area contributed by atoms with Gasteiger partial charge in [-0.1, -0.05) is 23.4 Å². The molecule has 0 aliphatic carbocycles. The van der Waals surface area contributed by atoms with Crippen molar-refractivity contribution in [2.45, 2.75) is 30.3 Å². The number of halogens is 4. The number of fused-ring (bicyclic) bond motifs is 1. The molecule has 2 aliphatic heterocycles. The molecule has 0 spiro atoms. The predicted octanol–water partition coefficient (Wildman–Crippen LogP) is 2.83. The number of aliphatic imine (C=N–C) groups is 1. The maximum absolute atomic E-state index is 13.2. The smallest absolute Gasteiger partial charge is 0.417 e. The van der Waals surface area contributed by atoms with Gasteiger partial charge in [-0.3, -0.25) is 9.59 Å². The van der Waals surface area contributed by atoms with E-state index in [9.17, 15) is 31.2 Å². The molecular weight excluding hydrogens is 457 g/mol. The third-order valence-corrected chi connectivity index (χ3v) is 7.91. The first kappa shape index (κ1) is 21.9. The highest BCUT2D eigenvalue weighted by molar-refractivity contribution is 8.16. The lowest BCUT2D eigenvalue weighted by molar-refractivity contribution is -0.138. The monoisotopic (exact) mass is 470 g/mol. The third-order valence-electron chi connectivity index (χ3n) is 4.37. The van der Waals surface area contributed by atoms with Crippen molar-refractivity contribution in [3.8, 4) is 0 Å². The predicted molar refractivity (Wildman–Crippen MR) is 102 cm³/mol. The number of hydrogen-bond acceptors (Lipinski definition) is 5. The van der Waals surface area contributed by atoms with Crippen LogP contribution in [0.3, 0.4) is 0 Å². The average molecular weight is 471 g/mol. The minimum atomic E-state index is -4.73. The zero-order chi connectivity index (χ0) is 21.6. The number of carbonyl (C=O) groups excluding carboxylic acids is 1. The van der Waals surface area contributed by atoms with Gasteiger partial charge >= 0.3 is 12.1 Å². The number of carboxylic acids is 1. The first-order valence-electron chi connectivity index (χ1n) is 8.24. The summed E-state index contributed by atoms with van der Waals surface area (Å²) in [4.78, 5) is 27.8. The highest BCUT2D eigenvalue weighted by Gasteiger charge is 2.49. The van der Waals surface area contributed by atoms with Crippen molar-refractivity contribution < 1.29 is 36.3 Å². The lowest BCUT2D eigenvalue weighted by atomic mass is 10.1. The van der Waals surface area contributed by atoms with E-state index in [0.717, 1.165) is 23.9 Å². The highest BCUT2D eigenvalue weighted by atomic mass is 35.5. The maximum atomic E-state index is 13.2. The quantitative estimate of drug-likeness (QED) is 0.721. The molecule has 29 heavy (non-hydrogen) atoms. The molecule has 2 atom stereocenters. The van der Waals surface area contributed by atoms with E-state index in [0.29, 0.717) is 0 Å².